The minimum Gasteiger partial charge on any atom is -0.477 e. The highest BCUT2D eigenvalue weighted by molar-refractivity contribution is 5.88. The van der Waals surface area contributed by atoms with Crippen molar-refractivity contribution in [3.63, 3.8) is 0 Å². The van der Waals surface area contributed by atoms with Crippen molar-refractivity contribution in [1.82, 2.24) is 9.55 Å². The van der Waals surface area contributed by atoms with Crippen LogP contribution in [-0.2, 0) is 12.7 Å². The molecule has 0 bridgehead atoms. The lowest BCUT2D eigenvalue weighted by atomic mass is 10.2. The van der Waals surface area contributed by atoms with Gasteiger partial charge < -0.3 is 5.11 Å². The van der Waals surface area contributed by atoms with Gasteiger partial charge in [0.1, 0.15) is 0 Å². The molecule has 0 aliphatic heterocycles. The first-order chi connectivity index (χ1) is 8.14. The zero-order chi connectivity index (χ0) is 14.1. The summed E-state index contributed by atoms with van der Waals surface area (Å²) in [6.45, 7) is -1.23. The molecular formula is C8H5F5N2O3. The van der Waals surface area contributed by atoms with Crippen LogP contribution in [0.15, 0.2) is 11.1 Å². The lowest BCUT2D eigenvalue weighted by Gasteiger charge is -2.11. The number of hydrogen-bond acceptors (Lipinski definition) is 3. The van der Waals surface area contributed by atoms with E-state index in [9.17, 15) is 31.5 Å². The number of aromatic nitrogens is 2. The molecule has 0 aliphatic rings. The van der Waals surface area contributed by atoms with Gasteiger partial charge in [0, 0.05) is 0 Å². The second-order valence-corrected chi connectivity index (χ2v) is 3.12. The molecule has 0 fully saturated rings. The van der Waals surface area contributed by atoms with E-state index < -0.39 is 41.9 Å². The number of halogens is 5. The van der Waals surface area contributed by atoms with Crippen molar-refractivity contribution in [2.24, 2.45) is 0 Å². The number of alkyl halides is 5. The van der Waals surface area contributed by atoms with E-state index in [1.165, 1.54) is 0 Å². The summed E-state index contributed by atoms with van der Waals surface area (Å²) in [6, 6.07) is 0. The predicted molar refractivity (Wildman–Crippen MR) is 46.5 cm³/mol. The van der Waals surface area contributed by atoms with E-state index in [4.69, 9.17) is 5.11 Å². The van der Waals surface area contributed by atoms with E-state index in [0.29, 0.717) is 0 Å². The highest BCUT2D eigenvalue weighted by atomic mass is 19.4. The molecular weight excluding hydrogens is 267 g/mol. The van der Waals surface area contributed by atoms with Gasteiger partial charge in [-0.3, -0.25) is 9.36 Å². The van der Waals surface area contributed by atoms with Gasteiger partial charge in [0.15, 0.2) is 11.3 Å². The molecule has 0 spiro atoms. The lowest BCUT2D eigenvalue weighted by Crippen LogP contribution is -2.33. The minimum atomic E-state index is -5.16. The highest BCUT2D eigenvalue weighted by Crippen LogP contribution is 2.28. The van der Waals surface area contributed by atoms with Crippen LogP contribution in [0.2, 0.25) is 0 Å². The molecule has 18 heavy (non-hydrogen) atoms. The third kappa shape index (κ3) is 2.81. The van der Waals surface area contributed by atoms with Gasteiger partial charge in [-0.15, -0.1) is 0 Å². The number of nitrogens with zero attached hydrogens (tertiary/aromatic N) is 2. The molecule has 1 rings (SSSR count). The van der Waals surface area contributed by atoms with Crippen molar-refractivity contribution >= 4 is 5.97 Å². The minimum absolute atomic E-state index is 0.114. The molecule has 1 heterocycles. The smallest absolute Gasteiger partial charge is 0.434 e. The molecule has 0 unspecified atom stereocenters. The average molecular weight is 272 g/mol. The fourth-order valence-corrected chi connectivity index (χ4v) is 1.18. The van der Waals surface area contributed by atoms with Gasteiger partial charge in [-0.05, 0) is 0 Å². The number of carboxylic acid groups (broad SMARTS) is 1. The van der Waals surface area contributed by atoms with Crippen LogP contribution in [0, 0.1) is 0 Å². The Morgan fingerprint density at radius 3 is 2.39 bits per heavy atom. The van der Waals surface area contributed by atoms with Gasteiger partial charge in [-0.25, -0.2) is 18.6 Å². The molecule has 5 nitrogen and oxygen atoms in total. The van der Waals surface area contributed by atoms with Crippen molar-refractivity contribution < 1.29 is 31.9 Å². The molecule has 10 heteroatoms. The molecule has 0 atom stereocenters. The quantitative estimate of drug-likeness (QED) is 0.840. The summed E-state index contributed by atoms with van der Waals surface area (Å²) in [5.41, 5.74) is -5.26. The average Bonchev–Trinajstić information content (AvgIpc) is 2.17. The van der Waals surface area contributed by atoms with Crippen molar-refractivity contribution in [3.05, 3.63) is 27.9 Å². The van der Waals surface area contributed by atoms with Crippen molar-refractivity contribution in [3.8, 4) is 0 Å². The van der Waals surface area contributed by atoms with Crippen molar-refractivity contribution in [1.29, 1.82) is 0 Å². The lowest BCUT2D eigenvalue weighted by molar-refractivity contribution is -0.142. The molecule has 0 amide bonds. The van der Waals surface area contributed by atoms with E-state index >= 15 is 0 Å². The van der Waals surface area contributed by atoms with E-state index in [2.05, 4.69) is 4.98 Å². The first kappa shape index (κ1) is 14.1. The highest BCUT2D eigenvalue weighted by Gasteiger charge is 2.39. The topological polar surface area (TPSA) is 72.2 Å². The maximum Gasteiger partial charge on any atom is 0.434 e. The standard InChI is InChI=1S/C8H5F5N2O3/c9-3(10)1-15-2-14-5(8(11,12)13)4(6(15)16)7(17)18/h2-3H,1H2,(H,17,18). The zero-order valence-electron chi connectivity index (χ0n) is 8.41. The second kappa shape index (κ2) is 4.70. The van der Waals surface area contributed by atoms with Gasteiger partial charge in [0.25, 0.3) is 12.0 Å². The summed E-state index contributed by atoms with van der Waals surface area (Å²) in [5, 5.41) is 8.53. The first-order valence-electron chi connectivity index (χ1n) is 4.32. The molecule has 0 aromatic carbocycles. The van der Waals surface area contributed by atoms with Gasteiger partial charge in [0.2, 0.25) is 0 Å². The Balaban J connectivity index is 3.48. The van der Waals surface area contributed by atoms with Crippen LogP contribution >= 0.6 is 0 Å². The molecule has 0 aliphatic carbocycles. The number of aromatic carboxylic acids is 1. The molecule has 1 N–H and O–H groups in total. The van der Waals surface area contributed by atoms with Crippen LogP contribution in [0.3, 0.4) is 0 Å². The molecule has 100 valence electrons. The normalized spacial score (nSPS) is 11.9. The fraction of sp³-hybridized carbons (Fsp3) is 0.375. The summed E-state index contributed by atoms with van der Waals surface area (Å²) in [5.74, 6) is -2.18. The molecule has 0 saturated heterocycles. The summed E-state index contributed by atoms with van der Waals surface area (Å²) in [6.07, 6.45) is -7.94. The van der Waals surface area contributed by atoms with Crippen LogP contribution in [-0.4, -0.2) is 27.1 Å². The summed E-state index contributed by atoms with van der Waals surface area (Å²) in [4.78, 5) is 24.6. The zero-order valence-corrected chi connectivity index (χ0v) is 8.41. The Morgan fingerprint density at radius 2 is 2.00 bits per heavy atom. The van der Waals surface area contributed by atoms with E-state index in [0.717, 1.165) is 0 Å². The second-order valence-electron chi connectivity index (χ2n) is 3.12. The van der Waals surface area contributed by atoms with E-state index in [1.807, 2.05) is 0 Å². The third-order valence-electron chi connectivity index (χ3n) is 1.85. The SMILES string of the molecule is O=C(O)c1c(C(F)(F)F)ncn(CC(F)F)c1=O. The molecule has 1 aromatic rings. The molecule has 1 aromatic heterocycles. The fourth-order valence-electron chi connectivity index (χ4n) is 1.18. The largest absolute Gasteiger partial charge is 0.477 e. The summed E-state index contributed by atoms with van der Waals surface area (Å²) < 4.78 is 61.2. The summed E-state index contributed by atoms with van der Waals surface area (Å²) in [7, 11) is 0. The number of carboxylic acids is 1. The summed E-state index contributed by atoms with van der Waals surface area (Å²) >= 11 is 0. The maximum atomic E-state index is 12.4. The van der Waals surface area contributed by atoms with E-state index in [-0.39, 0.29) is 10.9 Å². The van der Waals surface area contributed by atoms with Gasteiger partial charge >= 0.3 is 12.1 Å². The Labute approximate surface area is 95.5 Å². The van der Waals surface area contributed by atoms with Crippen LogP contribution in [0.1, 0.15) is 16.1 Å². The third-order valence-corrected chi connectivity index (χ3v) is 1.85. The Kier molecular flexibility index (Phi) is 3.67. The van der Waals surface area contributed by atoms with Gasteiger partial charge in [-0.1, -0.05) is 0 Å². The maximum absolute atomic E-state index is 12.4. The van der Waals surface area contributed by atoms with Gasteiger partial charge in [-0.2, -0.15) is 13.2 Å². The van der Waals surface area contributed by atoms with Crippen molar-refractivity contribution in [2.45, 2.75) is 19.1 Å². The molecule has 0 saturated carbocycles. The molecule has 0 radical (unpaired) electrons. The van der Waals surface area contributed by atoms with Crippen molar-refractivity contribution in [2.75, 3.05) is 0 Å². The monoisotopic (exact) mass is 272 g/mol. The van der Waals surface area contributed by atoms with Crippen LogP contribution < -0.4 is 5.56 Å². The number of rotatable bonds is 3. The predicted octanol–water partition coefficient (Wildman–Crippen LogP) is 1.23. The Morgan fingerprint density at radius 1 is 1.44 bits per heavy atom. The van der Waals surface area contributed by atoms with Crippen LogP contribution in [0.5, 0.6) is 0 Å². The van der Waals surface area contributed by atoms with Crippen LogP contribution in [0.4, 0.5) is 22.0 Å². The Hall–Kier alpha value is -2.00. The number of hydrogen-bond donors (Lipinski definition) is 1. The Bertz CT molecular complexity index is 522. The number of carbonyl (C=O) groups is 1. The first-order valence-corrected chi connectivity index (χ1v) is 4.32. The van der Waals surface area contributed by atoms with E-state index in [1.54, 1.807) is 0 Å². The van der Waals surface area contributed by atoms with Crippen LogP contribution in [0.25, 0.3) is 0 Å². The van der Waals surface area contributed by atoms with Gasteiger partial charge in [0.05, 0.1) is 12.9 Å².